The predicted molar refractivity (Wildman–Crippen MR) is 67.7 cm³/mol. The van der Waals surface area contributed by atoms with Crippen LogP contribution in [0.1, 0.15) is 25.5 Å². The van der Waals surface area contributed by atoms with Crippen LogP contribution in [0.4, 0.5) is 4.39 Å². The van der Waals surface area contributed by atoms with Gasteiger partial charge in [-0.1, -0.05) is 35.4 Å². The molecule has 0 spiro atoms. The van der Waals surface area contributed by atoms with Crippen molar-refractivity contribution in [3.8, 4) is 0 Å². The van der Waals surface area contributed by atoms with Crippen molar-refractivity contribution in [2.45, 2.75) is 19.9 Å². The van der Waals surface area contributed by atoms with Gasteiger partial charge in [-0.15, -0.1) is 0 Å². The van der Waals surface area contributed by atoms with Crippen LogP contribution >= 0.6 is 23.2 Å². The molecular formula is C12H14Cl2FN. The first-order valence-corrected chi connectivity index (χ1v) is 5.69. The summed E-state index contributed by atoms with van der Waals surface area (Å²) in [5.41, 5.74) is 1.71. The molecule has 1 nitrogen and oxygen atoms in total. The van der Waals surface area contributed by atoms with E-state index in [1.165, 1.54) is 12.1 Å². The third-order valence-corrected chi connectivity index (χ3v) is 2.83. The van der Waals surface area contributed by atoms with Gasteiger partial charge < -0.3 is 5.32 Å². The maximum atomic E-state index is 13.3. The van der Waals surface area contributed by atoms with E-state index < -0.39 is 5.82 Å². The third kappa shape index (κ3) is 3.48. The van der Waals surface area contributed by atoms with E-state index in [4.69, 9.17) is 23.2 Å². The van der Waals surface area contributed by atoms with Crippen molar-refractivity contribution in [1.82, 2.24) is 5.32 Å². The summed E-state index contributed by atoms with van der Waals surface area (Å²) in [4.78, 5) is 0. The minimum absolute atomic E-state index is 0.0425. The number of hydrogen-bond donors (Lipinski definition) is 1. The van der Waals surface area contributed by atoms with Crippen LogP contribution in [-0.4, -0.2) is 6.54 Å². The van der Waals surface area contributed by atoms with Gasteiger partial charge in [-0.25, -0.2) is 4.39 Å². The average Bonchev–Trinajstić information content (AvgIpc) is 2.20. The molecular weight excluding hydrogens is 248 g/mol. The minimum atomic E-state index is -0.454. The number of rotatable bonds is 4. The second-order valence-electron chi connectivity index (χ2n) is 3.85. The predicted octanol–water partition coefficient (Wildman–Crippen LogP) is 4.36. The molecule has 0 aromatic heterocycles. The van der Waals surface area contributed by atoms with Gasteiger partial charge >= 0.3 is 0 Å². The zero-order valence-electron chi connectivity index (χ0n) is 9.28. The molecule has 1 atom stereocenters. The lowest BCUT2D eigenvalue weighted by molar-refractivity contribution is 0.589. The molecule has 1 unspecified atom stereocenters. The highest BCUT2D eigenvalue weighted by Gasteiger charge is 2.12. The Hall–Kier alpha value is -0.570. The minimum Gasteiger partial charge on any atom is -0.306 e. The molecule has 4 heteroatoms. The molecule has 0 saturated heterocycles. The molecule has 0 aliphatic heterocycles. The lowest BCUT2D eigenvalue weighted by Gasteiger charge is -2.16. The summed E-state index contributed by atoms with van der Waals surface area (Å²) in [6.07, 6.45) is 0. The van der Waals surface area contributed by atoms with Gasteiger partial charge in [0.2, 0.25) is 0 Å². The first kappa shape index (κ1) is 13.5. The van der Waals surface area contributed by atoms with E-state index in [1.807, 2.05) is 13.8 Å². The maximum absolute atomic E-state index is 13.3. The van der Waals surface area contributed by atoms with Gasteiger partial charge in [-0.05, 0) is 31.5 Å². The summed E-state index contributed by atoms with van der Waals surface area (Å²) >= 11 is 11.6. The second kappa shape index (κ2) is 5.67. The summed E-state index contributed by atoms with van der Waals surface area (Å²) in [6, 6.07) is 2.74. The van der Waals surface area contributed by atoms with E-state index in [0.717, 1.165) is 5.57 Å². The molecule has 0 radical (unpaired) electrons. The van der Waals surface area contributed by atoms with Crippen LogP contribution in [0, 0.1) is 5.82 Å². The highest BCUT2D eigenvalue weighted by atomic mass is 35.5. The summed E-state index contributed by atoms with van der Waals surface area (Å²) in [5.74, 6) is -0.454. The van der Waals surface area contributed by atoms with Gasteiger partial charge in [0.15, 0.2) is 0 Å². The largest absolute Gasteiger partial charge is 0.306 e. The molecule has 88 valence electrons. The molecule has 0 fully saturated rings. The number of benzene rings is 1. The fourth-order valence-corrected chi connectivity index (χ4v) is 1.85. The number of hydrogen-bond acceptors (Lipinski definition) is 1. The normalized spacial score (nSPS) is 12.6. The van der Waals surface area contributed by atoms with E-state index in [9.17, 15) is 4.39 Å². The van der Waals surface area contributed by atoms with E-state index >= 15 is 0 Å². The maximum Gasteiger partial charge on any atom is 0.142 e. The Morgan fingerprint density at radius 3 is 2.62 bits per heavy atom. The molecule has 1 rings (SSSR count). The van der Waals surface area contributed by atoms with Crippen molar-refractivity contribution in [2.75, 3.05) is 6.54 Å². The molecule has 1 aromatic rings. The van der Waals surface area contributed by atoms with Gasteiger partial charge in [-0.3, -0.25) is 0 Å². The van der Waals surface area contributed by atoms with Gasteiger partial charge in [-0.2, -0.15) is 0 Å². The van der Waals surface area contributed by atoms with Crippen LogP contribution in [0.25, 0.3) is 0 Å². The van der Waals surface area contributed by atoms with Crippen molar-refractivity contribution in [3.05, 3.63) is 45.7 Å². The van der Waals surface area contributed by atoms with Crippen LogP contribution < -0.4 is 5.32 Å². The van der Waals surface area contributed by atoms with Gasteiger partial charge in [0, 0.05) is 17.6 Å². The van der Waals surface area contributed by atoms with E-state index in [0.29, 0.717) is 17.1 Å². The zero-order chi connectivity index (χ0) is 12.3. The van der Waals surface area contributed by atoms with E-state index in [2.05, 4.69) is 11.9 Å². The lowest BCUT2D eigenvalue weighted by Crippen LogP contribution is -2.20. The second-order valence-corrected chi connectivity index (χ2v) is 4.66. The van der Waals surface area contributed by atoms with Crippen LogP contribution in [-0.2, 0) is 0 Å². The molecule has 0 aliphatic rings. The Labute approximate surface area is 105 Å². The Balaban J connectivity index is 2.86. The molecule has 0 aliphatic carbocycles. The number of nitrogens with one attached hydrogen (secondary N) is 1. The van der Waals surface area contributed by atoms with Gasteiger partial charge in [0.25, 0.3) is 0 Å². The Morgan fingerprint density at radius 2 is 2.06 bits per heavy atom. The first-order valence-electron chi connectivity index (χ1n) is 4.94. The highest BCUT2D eigenvalue weighted by molar-refractivity contribution is 6.35. The SMILES string of the molecule is C=C(C)CNC(C)c1cc(F)c(Cl)cc1Cl. The summed E-state index contributed by atoms with van der Waals surface area (Å²) in [6.45, 7) is 8.29. The Morgan fingerprint density at radius 1 is 1.44 bits per heavy atom. The zero-order valence-corrected chi connectivity index (χ0v) is 10.8. The first-order chi connectivity index (χ1) is 7.41. The molecule has 1 aromatic carbocycles. The Kier molecular flexibility index (Phi) is 4.78. The van der Waals surface area contributed by atoms with Crippen molar-refractivity contribution in [2.24, 2.45) is 0 Å². The van der Waals surface area contributed by atoms with Crippen molar-refractivity contribution in [1.29, 1.82) is 0 Å². The van der Waals surface area contributed by atoms with Crippen LogP contribution in [0.3, 0.4) is 0 Å². The standard InChI is InChI=1S/C12H14Cl2FN/c1-7(2)6-16-8(3)9-4-12(15)11(14)5-10(9)13/h4-5,8,16H,1,6H2,2-3H3. The lowest BCUT2D eigenvalue weighted by atomic mass is 10.1. The van der Waals surface area contributed by atoms with E-state index in [1.54, 1.807) is 0 Å². The topological polar surface area (TPSA) is 12.0 Å². The fourth-order valence-electron chi connectivity index (χ4n) is 1.31. The molecule has 0 bridgehead atoms. The molecule has 0 heterocycles. The number of halogens is 3. The summed E-state index contributed by atoms with van der Waals surface area (Å²) in [5, 5.41) is 3.70. The van der Waals surface area contributed by atoms with Crippen LogP contribution in [0.15, 0.2) is 24.3 Å². The molecule has 0 saturated carbocycles. The quantitative estimate of drug-likeness (QED) is 0.628. The average molecular weight is 262 g/mol. The molecule has 0 amide bonds. The van der Waals surface area contributed by atoms with Crippen molar-refractivity contribution in [3.63, 3.8) is 0 Å². The van der Waals surface area contributed by atoms with Gasteiger partial charge in [0.1, 0.15) is 5.82 Å². The molecule has 16 heavy (non-hydrogen) atoms. The van der Waals surface area contributed by atoms with E-state index in [-0.39, 0.29) is 11.1 Å². The van der Waals surface area contributed by atoms with Crippen LogP contribution in [0.5, 0.6) is 0 Å². The summed E-state index contributed by atoms with van der Waals surface area (Å²) in [7, 11) is 0. The van der Waals surface area contributed by atoms with Crippen molar-refractivity contribution >= 4 is 23.2 Å². The monoisotopic (exact) mass is 261 g/mol. The summed E-state index contributed by atoms with van der Waals surface area (Å²) < 4.78 is 13.3. The van der Waals surface area contributed by atoms with Crippen molar-refractivity contribution < 1.29 is 4.39 Å². The third-order valence-electron chi connectivity index (χ3n) is 2.22. The molecule has 1 N–H and O–H groups in total. The highest BCUT2D eigenvalue weighted by Crippen LogP contribution is 2.28. The fraction of sp³-hybridized carbons (Fsp3) is 0.333. The Bertz CT molecular complexity index is 404. The smallest absolute Gasteiger partial charge is 0.142 e. The van der Waals surface area contributed by atoms with Crippen LogP contribution in [0.2, 0.25) is 10.0 Å². The van der Waals surface area contributed by atoms with Gasteiger partial charge in [0.05, 0.1) is 5.02 Å².